The third-order valence-corrected chi connectivity index (χ3v) is 9.50. The van der Waals surface area contributed by atoms with Crippen LogP contribution in [0, 0.1) is 13.8 Å². The Balaban J connectivity index is 1.22. The molecule has 0 N–H and O–H groups in total. The van der Waals surface area contributed by atoms with Crippen LogP contribution in [0.2, 0.25) is 5.02 Å². The monoisotopic (exact) mass is 642 g/mol. The summed E-state index contributed by atoms with van der Waals surface area (Å²) in [6, 6.07) is 39.2. The molecule has 0 aliphatic heterocycles. The van der Waals surface area contributed by atoms with Crippen LogP contribution >= 0.6 is 11.6 Å². The van der Waals surface area contributed by atoms with Gasteiger partial charge in [-0.3, -0.25) is 0 Å². The predicted molar refractivity (Wildman–Crippen MR) is 201 cm³/mol. The van der Waals surface area contributed by atoms with Crippen LogP contribution in [0.1, 0.15) is 23.9 Å². The Morgan fingerprint density at radius 3 is 1.83 bits per heavy atom. The van der Waals surface area contributed by atoms with Crippen LogP contribution in [-0.4, -0.2) is 18.9 Å². The van der Waals surface area contributed by atoms with Crippen molar-refractivity contribution < 1.29 is 0 Å². The van der Waals surface area contributed by atoms with Gasteiger partial charge >= 0.3 is 0 Å². The largest absolute Gasteiger partial charge is 0.334 e. The molecule has 0 radical (unpaired) electrons. The molecule has 3 aromatic heterocycles. The van der Waals surface area contributed by atoms with Gasteiger partial charge in [0.2, 0.25) is 0 Å². The standard InChI is InChI=1S/C43H35ClN4/c1-5-29-20-30(14-16-40(29)42-45-27(2)25-47(42)4)36-10-6-8-12-38(36)33-22-34(24-35(44)23-33)39-13-9-7-11-37(39)31-15-17-41-32(21-31)18-19-48-26-28(3)46-43(41)48/h6-26H,5H2,1-4H3. The van der Waals surface area contributed by atoms with E-state index in [-0.39, 0.29) is 0 Å². The highest BCUT2D eigenvalue weighted by Gasteiger charge is 2.16. The summed E-state index contributed by atoms with van der Waals surface area (Å²) in [4.78, 5) is 9.57. The molecule has 0 saturated heterocycles. The molecular formula is C43H35ClN4. The minimum Gasteiger partial charge on any atom is -0.334 e. The molecule has 0 aliphatic rings. The number of hydrogen-bond donors (Lipinski definition) is 0. The van der Waals surface area contributed by atoms with Crippen molar-refractivity contribution in [2.75, 3.05) is 0 Å². The van der Waals surface area contributed by atoms with Gasteiger partial charge in [-0.15, -0.1) is 0 Å². The number of rotatable bonds is 6. The molecule has 5 heteroatoms. The Labute approximate surface area is 286 Å². The average molecular weight is 643 g/mol. The van der Waals surface area contributed by atoms with Crippen LogP contribution in [-0.2, 0) is 13.5 Å². The molecule has 0 atom stereocenters. The smallest absolute Gasteiger partial charge is 0.144 e. The van der Waals surface area contributed by atoms with E-state index in [9.17, 15) is 0 Å². The Hall–Kier alpha value is -5.45. The first-order valence-electron chi connectivity index (χ1n) is 16.4. The zero-order valence-electron chi connectivity index (χ0n) is 27.5. The van der Waals surface area contributed by atoms with Gasteiger partial charge in [0.05, 0.1) is 11.4 Å². The SMILES string of the molecule is CCc1cc(-c2ccccc2-c2cc(Cl)cc(-c3ccccc3-c3ccc4c(ccn5cc(C)nc45)c3)c2)ccc1-c1nc(C)cn1C. The number of fused-ring (bicyclic) bond motifs is 3. The lowest BCUT2D eigenvalue weighted by Crippen LogP contribution is -1.96. The summed E-state index contributed by atoms with van der Waals surface area (Å²) in [5.74, 6) is 0.999. The van der Waals surface area contributed by atoms with Crippen LogP contribution < -0.4 is 0 Å². The van der Waals surface area contributed by atoms with Crippen molar-refractivity contribution in [1.82, 2.24) is 18.9 Å². The van der Waals surface area contributed by atoms with Gasteiger partial charge in [-0.05, 0) is 106 Å². The summed E-state index contributed by atoms with van der Waals surface area (Å²) >= 11 is 6.92. The molecule has 3 heterocycles. The maximum absolute atomic E-state index is 6.92. The van der Waals surface area contributed by atoms with E-state index in [2.05, 4.69) is 151 Å². The van der Waals surface area contributed by atoms with E-state index in [4.69, 9.17) is 21.6 Å². The fraction of sp³-hybridized carbons (Fsp3) is 0.116. The van der Waals surface area contributed by atoms with Crippen molar-refractivity contribution in [2.45, 2.75) is 27.2 Å². The quantitative estimate of drug-likeness (QED) is 0.181. The highest BCUT2D eigenvalue weighted by Crippen LogP contribution is 2.40. The molecule has 8 rings (SSSR count). The third-order valence-electron chi connectivity index (χ3n) is 9.28. The minimum atomic E-state index is 0.706. The highest BCUT2D eigenvalue weighted by molar-refractivity contribution is 6.31. The molecule has 8 aromatic rings. The zero-order valence-corrected chi connectivity index (χ0v) is 28.3. The van der Waals surface area contributed by atoms with Crippen molar-refractivity contribution in [3.8, 4) is 55.9 Å². The van der Waals surface area contributed by atoms with Gasteiger partial charge in [0.15, 0.2) is 0 Å². The van der Waals surface area contributed by atoms with E-state index in [1.165, 1.54) is 22.3 Å². The molecule has 48 heavy (non-hydrogen) atoms. The first-order chi connectivity index (χ1) is 23.4. The van der Waals surface area contributed by atoms with Gasteiger partial charge in [0.1, 0.15) is 11.5 Å². The van der Waals surface area contributed by atoms with Crippen LogP contribution in [0.25, 0.3) is 72.3 Å². The molecule has 0 saturated carbocycles. The average Bonchev–Trinajstić information content (AvgIpc) is 3.67. The number of aromatic nitrogens is 4. The van der Waals surface area contributed by atoms with E-state index < -0.39 is 0 Å². The number of hydrogen-bond acceptors (Lipinski definition) is 2. The lowest BCUT2D eigenvalue weighted by molar-refractivity contribution is 0.920. The highest BCUT2D eigenvalue weighted by atomic mass is 35.5. The first kappa shape index (κ1) is 29.9. The normalized spacial score (nSPS) is 11.5. The summed E-state index contributed by atoms with van der Waals surface area (Å²) in [5.41, 5.74) is 14.6. The first-order valence-corrected chi connectivity index (χ1v) is 16.8. The van der Waals surface area contributed by atoms with Crippen molar-refractivity contribution in [3.05, 3.63) is 150 Å². The molecule has 0 fully saturated rings. The van der Waals surface area contributed by atoms with Crippen LogP contribution in [0.4, 0.5) is 0 Å². The van der Waals surface area contributed by atoms with Gasteiger partial charge in [-0.2, -0.15) is 0 Å². The van der Waals surface area contributed by atoms with Gasteiger partial charge < -0.3 is 8.97 Å². The maximum Gasteiger partial charge on any atom is 0.144 e. The zero-order chi connectivity index (χ0) is 32.9. The predicted octanol–water partition coefficient (Wildman–Crippen LogP) is 11.4. The van der Waals surface area contributed by atoms with Crippen molar-refractivity contribution in [2.24, 2.45) is 7.05 Å². The molecular weight excluding hydrogens is 608 g/mol. The van der Waals surface area contributed by atoms with E-state index in [0.29, 0.717) is 5.02 Å². The summed E-state index contributed by atoms with van der Waals surface area (Å²) in [6.07, 6.45) is 7.14. The minimum absolute atomic E-state index is 0.706. The van der Waals surface area contributed by atoms with Gasteiger partial charge in [0, 0.05) is 41.6 Å². The van der Waals surface area contributed by atoms with E-state index in [1.54, 1.807) is 0 Å². The molecule has 4 nitrogen and oxygen atoms in total. The van der Waals surface area contributed by atoms with Crippen LogP contribution in [0.5, 0.6) is 0 Å². The van der Waals surface area contributed by atoms with Gasteiger partial charge in [-0.25, -0.2) is 9.97 Å². The number of nitrogens with zero attached hydrogens (tertiary/aromatic N) is 4. The Bertz CT molecular complexity index is 2500. The Morgan fingerprint density at radius 1 is 0.604 bits per heavy atom. The molecule has 234 valence electrons. The number of benzene rings is 5. The van der Waals surface area contributed by atoms with E-state index in [0.717, 1.165) is 73.4 Å². The number of imidazole rings is 2. The Kier molecular flexibility index (Phi) is 7.46. The summed E-state index contributed by atoms with van der Waals surface area (Å²) in [7, 11) is 2.06. The number of aryl methyl sites for hydroxylation is 4. The van der Waals surface area contributed by atoms with Gasteiger partial charge in [0.25, 0.3) is 0 Å². The summed E-state index contributed by atoms with van der Waals surface area (Å²) < 4.78 is 4.20. The van der Waals surface area contributed by atoms with E-state index in [1.807, 2.05) is 13.8 Å². The third kappa shape index (κ3) is 5.29. The summed E-state index contributed by atoms with van der Waals surface area (Å²) in [6.45, 7) is 6.28. The van der Waals surface area contributed by atoms with Gasteiger partial charge in [-0.1, -0.05) is 97.4 Å². The summed E-state index contributed by atoms with van der Waals surface area (Å²) in [5, 5.41) is 3.01. The number of pyridine rings is 1. The molecule has 0 unspecified atom stereocenters. The molecule has 0 spiro atoms. The van der Waals surface area contributed by atoms with Crippen molar-refractivity contribution in [3.63, 3.8) is 0 Å². The van der Waals surface area contributed by atoms with Crippen molar-refractivity contribution in [1.29, 1.82) is 0 Å². The lowest BCUT2D eigenvalue weighted by atomic mass is 9.89. The topological polar surface area (TPSA) is 35.1 Å². The fourth-order valence-corrected chi connectivity index (χ4v) is 7.31. The number of halogens is 1. The van der Waals surface area contributed by atoms with Crippen LogP contribution in [0.15, 0.2) is 128 Å². The maximum atomic E-state index is 6.92. The molecule has 5 aromatic carbocycles. The fourth-order valence-electron chi connectivity index (χ4n) is 7.07. The Morgan fingerprint density at radius 2 is 1.21 bits per heavy atom. The molecule has 0 aliphatic carbocycles. The van der Waals surface area contributed by atoms with E-state index >= 15 is 0 Å². The van der Waals surface area contributed by atoms with Crippen LogP contribution in [0.3, 0.4) is 0 Å². The molecule has 0 amide bonds. The second-order valence-corrected chi connectivity index (χ2v) is 13.0. The van der Waals surface area contributed by atoms with Crippen molar-refractivity contribution >= 4 is 28.0 Å². The second kappa shape index (κ2) is 12.0. The lowest BCUT2D eigenvalue weighted by Gasteiger charge is -2.16. The second-order valence-electron chi connectivity index (χ2n) is 12.6. The molecule has 0 bridgehead atoms.